The van der Waals surface area contributed by atoms with Gasteiger partial charge in [-0.2, -0.15) is 0 Å². The number of fused-ring (bicyclic) bond motifs is 2. The van der Waals surface area contributed by atoms with Gasteiger partial charge in [0.05, 0.1) is 17.2 Å². The minimum absolute atomic E-state index is 0.0909. The van der Waals surface area contributed by atoms with Crippen molar-refractivity contribution < 1.29 is 14.7 Å². The van der Waals surface area contributed by atoms with Gasteiger partial charge in [0.25, 0.3) is 11.8 Å². The zero-order chi connectivity index (χ0) is 22.8. The van der Waals surface area contributed by atoms with Gasteiger partial charge in [0, 0.05) is 35.7 Å². The van der Waals surface area contributed by atoms with Crippen molar-refractivity contribution in [3.05, 3.63) is 52.3 Å². The number of rotatable bonds is 7. The summed E-state index contributed by atoms with van der Waals surface area (Å²) < 4.78 is 0. The number of benzene rings is 1. The van der Waals surface area contributed by atoms with E-state index in [-0.39, 0.29) is 18.4 Å². The number of aryl methyl sites for hydroxylation is 1. The van der Waals surface area contributed by atoms with E-state index in [1.807, 2.05) is 31.2 Å². The lowest BCUT2D eigenvalue weighted by Crippen LogP contribution is -2.40. The Morgan fingerprint density at radius 2 is 1.97 bits per heavy atom. The summed E-state index contributed by atoms with van der Waals surface area (Å²) in [6, 6.07) is 7.72. The number of anilines is 1. The number of nitrogens with zero attached hydrogens (tertiary/aromatic N) is 1. The van der Waals surface area contributed by atoms with Crippen LogP contribution in [0, 0.1) is 6.92 Å². The first-order valence-corrected chi connectivity index (χ1v) is 11.5. The Hall–Kier alpha value is -2.90. The predicted octanol–water partition coefficient (Wildman–Crippen LogP) is 2.95. The number of aromatic nitrogens is 1. The maximum absolute atomic E-state index is 13.1. The third-order valence-corrected chi connectivity index (χ3v) is 6.51. The van der Waals surface area contributed by atoms with Gasteiger partial charge < -0.3 is 25.6 Å². The van der Waals surface area contributed by atoms with E-state index in [2.05, 4.69) is 34.4 Å². The molecule has 0 saturated carbocycles. The number of likely N-dealkylation sites (N-methyl/N-ethyl adjacent to an activating group) is 1. The van der Waals surface area contributed by atoms with Crippen LogP contribution in [-0.4, -0.2) is 59.1 Å². The molecule has 2 aromatic rings. The van der Waals surface area contributed by atoms with Gasteiger partial charge in [-0.3, -0.25) is 9.59 Å². The van der Waals surface area contributed by atoms with Crippen LogP contribution in [0.5, 0.6) is 0 Å². The van der Waals surface area contributed by atoms with Crippen LogP contribution < -0.4 is 10.6 Å². The third kappa shape index (κ3) is 4.10. The van der Waals surface area contributed by atoms with Crippen LogP contribution in [-0.2, 0) is 11.2 Å². The second-order valence-electron chi connectivity index (χ2n) is 8.54. The van der Waals surface area contributed by atoms with Crippen molar-refractivity contribution in [2.45, 2.75) is 46.1 Å². The van der Waals surface area contributed by atoms with E-state index in [4.69, 9.17) is 0 Å². The number of amides is 2. The van der Waals surface area contributed by atoms with Gasteiger partial charge in [-0.15, -0.1) is 0 Å². The van der Waals surface area contributed by atoms with Crippen molar-refractivity contribution in [1.29, 1.82) is 0 Å². The molecule has 0 spiro atoms. The number of aromatic amines is 1. The number of hydrogen-bond acceptors (Lipinski definition) is 4. The quantitative estimate of drug-likeness (QED) is 0.502. The highest BCUT2D eigenvalue weighted by molar-refractivity contribution is 6.36. The summed E-state index contributed by atoms with van der Waals surface area (Å²) in [6.45, 7) is 8.46. The highest BCUT2D eigenvalue weighted by atomic mass is 16.3. The molecule has 7 heteroatoms. The molecule has 1 atom stereocenters. The predicted molar refractivity (Wildman–Crippen MR) is 126 cm³/mol. The second kappa shape index (κ2) is 9.30. The van der Waals surface area contributed by atoms with Gasteiger partial charge >= 0.3 is 0 Å². The number of carbonyl (C=O) groups excluding carboxylic acids is 2. The molecule has 1 aromatic carbocycles. The number of nitrogens with one attached hydrogen (secondary N) is 3. The zero-order valence-electron chi connectivity index (χ0n) is 19.0. The molecule has 170 valence electrons. The highest BCUT2D eigenvalue weighted by Crippen LogP contribution is 2.42. The topological polar surface area (TPSA) is 97.5 Å². The van der Waals surface area contributed by atoms with Gasteiger partial charge in [-0.25, -0.2) is 0 Å². The molecular weight excluding hydrogens is 404 g/mol. The number of carbonyl (C=O) groups is 2. The lowest BCUT2D eigenvalue weighted by atomic mass is 9.86. The summed E-state index contributed by atoms with van der Waals surface area (Å²) in [5.41, 5.74) is 6.70. The fourth-order valence-electron chi connectivity index (χ4n) is 4.87. The molecule has 1 aliphatic carbocycles. The Balaban J connectivity index is 1.60. The molecule has 32 heavy (non-hydrogen) atoms. The van der Waals surface area contributed by atoms with Crippen molar-refractivity contribution in [2.24, 2.45) is 0 Å². The van der Waals surface area contributed by atoms with Crippen LogP contribution in [0.25, 0.3) is 11.1 Å². The smallest absolute Gasteiger partial charge is 0.256 e. The maximum Gasteiger partial charge on any atom is 0.256 e. The SMILES string of the molecule is CCN(CC)CC(O)CNC(=O)c1c(C)[nH]c2c1CCC/C2=C1/C(=O)Nc2ccccc21. The molecule has 1 unspecified atom stereocenters. The summed E-state index contributed by atoms with van der Waals surface area (Å²) in [6.07, 6.45) is 1.83. The van der Waals surface area contributed by atoms with Gasteiger partial charge in [-0.1, -0.05) is 32.0 Å². The maximum atomic E-state index is 13.1. The molecule has 2 heterocycles. The van der Waals surface area contributed by atoms with Crippen molar-refractivity contribution in [3.8, 4) is 0 Å². The number of allylic oxidation sites excluding steroid dienone is 1. The molecule has 0 saturated heterocycles. The van der Waals surface area contributed by atoms with Crippen LogP contribution in [0.1, 0.15) is 59.6 Å². The van der Waals surface area contributed by atoms with Crippen molar-refractivity contribution in [3.63, 3.8) is 0 Å². The molecular formula is C25H32N4O3. The second-order valence-corrected chi connectivity index (χ2v) is 8.54. The van der Waals surface area contributed by atoms with Crippen LogP contribution >= 0.6 is 0 Å². The summed E-state index contributed by atoms with van der Waals surface area (Å²) in [5, 5.41) is 16.2. The van der Waals surface area contributed by atoms with Crippen molar-refractivity contribution in [2.75, 3.05) is 31.5 Å². The van der Waals surface area contributed by atoms with Gasteiger partial charge in [0.2, 0.25) is 0 Å². The lowest BCUT2D eigenvalue weighted by molar-refractivity contribution is -0.110. The molecule has 2 aliphatic rings. The van der Waals surface area contributed by atoms with E-state index in [1.165, 1.54) is 0 Å². The Kier molecular flexibility index (Phi) is 6.48. The average molecular weight is 437 g/mol. The summed E-state index contributed by atoms with van der Waals surface area (Å²) in [4.78, 5) is 31.4. The fourth-order valence-corrected chi connectivity index (χ4v) is 4.87. The van der Waals surface area contributed by atoms with E-state index in [0.29, 0.717) is 17.7 Å². The van der Waals surface area contributed by atoms with Crippen molar-refractivity contribution >= 4 is 28.6 Å². The normalized spacial score (nSPS) is 18.3. The number of aliphatic hydroxyl groups excluding tert-OH is 1. The number of hydrogen-bond donors (Lipinski definition) is 4. The Labute approximate surface area is 188 Å². The average Bonchev–Trinajstić information content (AvgIpc) is 3.30. The minimum Gasteiger partial charge on any atom is -0.390 e. The standard InChI is InChI=1S/C25H32N4O3/c1-4-29(5-2)14-16(30)13-26-24(31)21-15(3)27-23-18(21)10-8-11-19(23)22-17-9-6-7-12-20(17)28-25(22)32/h6-7,9,12,16,27,30H,4-5,8,10-11,13-14H2,1-3H3,(H,26,31)(H,28,32)/b22-19-. The minimum atomic E-state index is -0.620. The van der Waals surface area contributed by atoms with Crippen LogP contribution in [0.15, 0.2) is 24.3 Å². The summed E-state index contributed by atoms with van der Waals surface area (Å²) in [7, 11) is 0. The Morgan fingerprint density at radius 1 is 1.22 bits per heavy atom. The van der Waals surface area contributed by atoms with Gasteiger partial charge in [0.1, 0.15) is 0 Å². The summed E-state index contributed by atoms with van der Waals surface area (Å²) >= 11 is 0. The summed E-state index contributed by atoms with van der Waals surface area (Å²) in [5.74, 6) is -0.270. The van der Waals surface area contributed by atoms with Crippen LogP contribution in [0.4, 0.5) is 5.69 Å². The molecule has 2 amide bonds. The number of H-pyrrole nitrogens is 1. The van der Waals surface area contributed by atoms with Crippen LogP contribution in [0.2, 0.25) is 0 Å². The largest absolute Gasteiger partial charge is 0.390 e. The molecule has 0 fully saturated rings. The first-order chi connectivity index (χ1) is 15.4. The van der Waals surface area contributed by atoms with Gasteiger partial charge in [0.15, 0.2) is 0 Å². The van der Waals surface area contributed by atoms with E-state index < -0.39 is 6.10 Å². The first-order valence-electron chi connectivity index (χ1n) is 11.5. The Morgan fingerprint density at radius 3 is 2.72 bits per heavy atom. The number of para-hydroxylation sites is 1. The Bertz CT molecular complexity index is 1070. The first kappa shape index (κ1) is 22.3. The lowest BCUT2D eigenvalue weighted by Gasteiger charge is -2.22. The molecule has 4 rings (SSSR count). The van der Waals surface area contributed by atoms with E-state index in [1.54, 1.807) is 0 Å². The van der Waals surface area contributed by atoms with Crippen molar-refractivity contribution in [1.82, 2.24) is 15.2 Å². The molecule has 1 aromatic heterocycles. The fraction of sp³-hybridized carbons (Fsp3) is 0.440. The van der Waals surface area contributed by atoms with Crippen LogP contribution in [0.3, 0.4) is 0 Å². The number of aliphatic hydroxyl groups is 1. The van der Waals surface area contributed by atoms with E-state index in [9.17, 15) is 14.7 Å². The molecule has 7 nitrogen and oxygen atoms in total. The highest BCUT2D eigenvalue weighted by Gasteiger charge is 2.32. The van der Waals surface area contributed by atoms with Gasteiger partial charge in [-0.05, 0) is 56.5 Å². The molecule has 4 N–H and O–H groups in total. The van der Waals surface area contributed by atoms with E-state index in [0.717, 1.165) is 66.1 Å². The zero-order valence-corrected chi connectivity index (χ0v) is 19.0. The monoisotopic (exact) mass is 436 g/mol. The third-order valence-electron chi connectivity index (χ3n) is 6.51. The molecule has 0 radical (unpaired) electrons. The van der Waals surface area contributed by atoms with E-state index >= 15 is 0 Å². The molecule has 0 bridgehead atoms. The molecule has 1 aliphatic heterocycles.